The van der Waals surface area contributed by atoms with E-state index in [1.807, 2.05) is 12.1 Å². The molecule has 0 aliphatic rings. The number of benzene rings is 2. The first kappa shape index (κ1) is 16.4. The molecule has 0 saturated heterocycles. The molecule has 22 heavy (non-hydrogen) atoms. The van der Waals surface area contributed by atoms with Crippen molar-refractivity contribution in [1.82, 2.24) is 4.90 Å². The van der Waals surface area contributed by atoms with Crippen LogP contribution in [0.15, 0.2) is 54.6 Å². The molecular weight excluding hydrogens is 272 g/mol. The van der Waals surface area contributed by atoms with Crippen LogP contribution in [0.5, 0.6) is 5.75 Å². The number of likely N-dealkylation sites (N-methyl/N-ethyl adjacent to an activating group) is 1. The molecule has 0 radical (unpaired) electrons. The van der Waals surface area contributed by atoms with Crippen LogP contribution in [0.2, 0.25) is 0 Å². The molecule has 0 unspecified atom stereocenters. The van der Waals surface area contributed by atoms with Crippen LogP contribution in [0.25, 0.3) is 0 Å². The molecule has 0 bridgehead atoms. The number of anilines is 1. The third kappa shape index (κ3) is 5.78. The molecule has 2 aromatic rings. The number of ether oxygens (including phenoxy) is 1. The van der Waals surface area contributed by atoms with Gasteiger partial charge in [0.25, 0.3) is 0 Å². The van der Waals surface area contributed by atoms with Crippen molar-refractivity contribution in [3.8, 4) is 5.75 Å². The van der Waals surface area contributed by atoms with E-state index in [9.17, 15) is 0 Å². The Hall–Kier alpha value is -2.00. The number of nitrogens with zero attached hydrogens (tertiary/aromatic N) is 1. The van der Waals surface area contributed by atoms with E-state index >= 15 is 0 Å². The third-order valence-corrected chi connectivity index (χ3v) is 3.45. The molecule has 0 saturated carbocycles. The molecule has 3 heteroatoms. The summed E-state index contributed by atoms with van der Waals surface area (Å²) >= 11 is 0. The summed E-state index contributed by atoms with van der Waals surface area (Å²) < 4.78 is 5.58. The second-order valence-corrected chi connectivity index (χ2v) is 5.52. The van der Waals surface area contributed by atoms with Gasteiger partial charge in [-0.15, -0.1) is 0 Å². The predicted molar refractivity (Wildman–Crippen MR) is 93.5 cm³/mol. The zero-order valence-electron chi connectivity index (χ0n) is 13.6. The van der Waals surface area contributed by atoms with E-state index in [0.717, 1.165) is 44.1 Å². The number of rotatable bonds is 9. The fourth-order valence-electron chi connectivity index (χ4n) is 2.25. The normalized spacial score (nSPS) is 10.7. The van der Waals surface area contributed by atoms with Gasteiger partial charge in [-0.2, -0.15) is 0 Å². The van der Waals surface area contributed by atoms with Gasteiger partial charge in [0.2, 0.25) is 0 Å². The Morgan fingerprint density at radius 3 is 2.41 bits per heavy atom. The molecule has 0 aliphatic carbocycles. The number of hydrogen-bond donors (Lipinski definition) is 1. The van der Waals surface area contributed by atoms with Gasteiger partial charge in [0.1, 0.15) is 5.75 Å². The quantitative estimate of drug-likeness (QED) is 0.757. The van der Waals surface area contributed by atoms with Gasteiger partial charge in [0.05, 0.1) is 6.61 Å². The van der Waals surface area contributed by atoms with Crippen molar-refractivity contribution in [3.63, 3.8) is 0 Å². The zero-order chi connectivity index (χ0) is 15.6. The van der Waals surface area contributed by atoms with Crippen molar-refractivity contribution < 1.29 is 4.74 Å². The zero-order valence-corrected chi connectivity index (χ0v) is 13.6. The predicted octanol–water partition coefficient (Wildman–Crippen LogP) is 4.02. The topological polar surface area (TPSA) is 24.5 Å². The summed E-state index contributed by atoms with van der Waals surface area (Å²) in [6, 6.07) is 18.7. The van der Waals surface area contributed by atoms with Crippen LogP contribution in [0.1, 0.15) is 18.9 Å². The van der Waals surface area contributed by atoms with Crippen LogP contribution in [0.4, 0.5) is 5.69 Å². The van der Waals surface area contributed by atoms with E-state index in [2.05, 4.69) is 66.7 Å². The summed E-state index contributed by atoms with van der Waals surface area (Å²) in [6.07, 6.45) is 1.04. The second-order valence-electron chi connectivity index (χ2n) is 5.52. The Bertz CT molecular complexity index is 525. The van der Waals surface area contributed by atoms with Gasteiger partial charge in [-0.05, 0) is 43.3 Å². The summed E-state index contributed by atoms with van der Waals surface area (Å²) in [6.45, 7) is 5.80. The van der Waals surface area contributed by atoms with E-state index in [4.69, 9.17) is 4.74 Å². The van der Waals surface area contributed by atoms with Crippen molar-refractivity contribution in [3.05, 3.63) is 60.2 Å². The molecule has 0 aromatic heterocycles. The highest BCUT2D eigenvalue weighted by Gasteiger charge is 2.00. The average molecular weight is 298 g/mol. The standard InChI is InChI=1S/C19H26N2O/c1-3-15-22-19-11-9-18(10-12-19)20-13-14-21(2)16-17-7-5-4-6-8-17/h4-12,20H,3,13-16H2,1-2H3. The van der Waals surface area contributed by atoms with Crippen molar-refractivity contribution in [2.24, 2.45) is 0 Å². The van der Waals surface area contributed by atoms with Crippen molar-refractivity contribution in [1.29, 1.82) is 0 Å². The first-order valence-electron chi connectivity index (χ1n) is 7.97. The maximum absolute atomic E-state index is 5.58. The fraction of sp³-hybridized carbons (Fsp3) is 0.368. The van der Waals surface area contributed by atoms with Crippen molar-refractivity contribution in [2.75, 3.05) is 32.1 Å². The third-order valence-electron chi connectivity index (χ3n) is 3.45. The van der Waals surface area contributed by atoms with Crippen molar-refractivity contribution in [2.45, 2.75) is 19.9 Å². The molecule has 3 nitrogen and oxygen atoms in total. The van der Waals surface area contributed by atoms with Crippen LogP contribution in [0, 0.1) is 0 Å². The van der Waals surface area contributed by atoms with Crippen LogP contribution >= 0.6 is 0 Å². The van der Waals surface area contributed by atoms with Crippen molar-refractivity contribution >= 4 is 5.69 Å². The first-order chi connectivity index (χ1) is 10.8. The fourth-order valence-corrected chi connectivity index (χ4v) is 2.25. The highest BCUT2D eigenvalue weighted by molar-refractivity contribution is 5.46. The van der Waals surface area contributed by atoms with Gasteiger partial charge < -0.3 is 15.0 Å². The number of nitrogens with one attached hydrogen (secondary N) is 1. The lowest BCUT2D eigenvalue weighted by Crippen LogP contribution is -2.24. The molecule has 1 N–H and O–H groups in total. The summed E-state index contributed by atoms with van der Waals surface area (Å²) in [7, 11) is 2.15. The van der Waals surface area contributed by atoms with E-state index in [-0.39, 0.29) is 0 Å². The summed E-state index contributed by atoms with van der Waals surface area (Å²) in [5, 5.41) is 3.45. The summed E-state index contributed by atoms with van der Waals surface area (Å²) in [5.74, 6) is 0.939. The second kappa shape index (κ2) is 9.11. The largest absolute Gasteiger partial charge is 0.494 e. The molecule has 2 rings (SSSR count). The molecule has 2 aromatic carbocycles. The van der Waals surface area contributed by atoms with Gasteiger partial charge >= 0.3 is 0 Å². The lowest BCUT2D eigenvalue weighted by molar-refractivity contribution is 0.317. The Morgan fingerprint density at radius 2 is 1.73 bits per heavy atom. The molecule has 0 fully saturated rings. The molecule has 0 heterocycles. The monoisotopic (exact) mass is 298 g/mol. The Kier molecular flexibility index (Phi) is 6.78. The Balaban J connectivity index is 1.69. The molecule has 118 valence electrons. The van der Waals surface area contributed by atoms with E-state index in [1.165, 1.54) is 5.56 Å². The minimum Gasteiger partial charge on any atom is -0.494 e. The summed E-state index contributed by atoms with van der Waals surface area (Å²) in [4.78, 5) is 2.32. The lowest BCUT2D eigenvalue weighted by atomic mass is 10.2. The minimum absolute atomic E-state index is 0.775. The van der Waals surface area contributed by atoms with E-state index < -0.39 is 0 Å². The first-order valence-corrected chi connectivity index (χ1v) is 7.97. The maximum atomic E-state index is 5.58. The molecular formula is C19H26N2O. The Labute approximate surface area is 133 Å². The smallest absolute Gasteiger partial charge is 0.119 e. The minimum atomic E-state index is 0.775. The molecule has 0 aliphatic heterocycles. The van der Waals surface area contributed by atoms with Gasteiger partial charge in [0, 0.05) is 25.3 Å². The highest BCUT2D eigenvalue weighted by Crippen LogP contribution is 2.15. The van der Waals surface area contributed by atoms with Crippen LogP contribution < -0.4 is 10.1 Å². The average Bonchev–Trinajstić information content (AvgIpc) is 2.55. The van der Waals surface area contributed by atoms with Gasteiger partial charge in [0.15, 0.2) is 0 Å². The van der Waals surface area contributed by atoms with Crippen LogP contribution in [-0.4, -0.2) is 31.6 Å². The van der Waals surface area contributed by atoms with Gasteiger partial charge in [-0.25, -0.2) is 0 Å². The Morgan fingerprint density at radius 1 is 1.00 bits per heavy atom. The molecule has 0 atom stereocenters. The van der Waals surface area contributed by atoms with Gasteiger partial charge in [-0.1, -0.05) is 37.3 Å². The SMILES string of the molecule is CCCOc1ccc(NCCN(C)Cc2ccccc2)cc1. The number of hydrogen-bond acceptors (Lipinski definition) is 3. The van der Waals surface area contributed by atoms with Crippen LogP contribution in [0.3, 0.4) is 0 Å². The van der Waals surface area contributed by atoms with Gasteiger partial charge in [-0.3, -0.25) is 0 Å². The lowest BCUT2D eigenvalue weighted by Gasteiger charge is -2.17. The maximum Gasteiger partial charge on any atom is 0.119 e. The van der Waals surface area contributed by atoms with E-state index in [1.54, 1.807) is 0 Å². The molecule has 0 spiro atoms. The van der Waals surface area contributed by atoms with E-state index in [0.29, 0.717) is 0 Å². The van der Waals surface area contributed by atoms with Crippen LogP contribution in [-0.2, 0) is 6.54 Å². The molecule has 0 amide bonds. The summed E-state index contributed by atoms with van der Waals surface area (Å²) in [5.41, 5.74) is 2.49. The highest BCUT2D eigenvalue weighted by atomic mass is 16.5.